The largest absolute Gasteiger partial charge is 0.309 e. The van der Waals surface area contributed by atoms with Gasteiger partial charge >= 0.3 is 0 Å². The van der Waals surface area contributed by atoms with E-state index in [0.717, 1.165) is 0 Å². The molecule has 1 nitrogen and oxygen atoms in total. The van der Waals surface area contributed by atoms with E-state index in [4.69, 9.17) is 0 Å². The van der Waals surface area contributed by atoms with Gasteiger partial charge < -0.3 is 4.57 Å². The van der Waals surface area contributed by atoms with Crippen molar-refractivity contribution in [2.45, 2.75) is 124 Å². The van der Waals surface area contributed by atoms with Crippen molar-refractivity contribution in [3.05, 3.63) is 124 Å². The molecule has 0 radical (unpaired) electrons. The Hall–Kier alpha value is -4.10. The Morgan fingerprint density at radius 2 is 0.940 bits per heavy atom. The van der Waals surface area contributed by atoms with E-state index in [1.165, 1.54) is 83.1 Å². The van der Waals surface area contributed by atoms with Gasteiger partial charge in [0.1, 0.15) is 0 Å². The number of fused-ring (bicyclic) bond motifs is 3. The quantitative estimate of drug-likeness (QED) is 0.174. The molecule has 7 rings (SSSR count). The minimum Gasteiger partial charge on any atom is -0.309 e. The summed E-state index contributed by atoms with van der Waals surface area (Å²) in [6.07, 6.45) is 0. The van der Waals surface area contributed by atoms with Crippen LogP contribution in [0.1, 0.15) is 130 Å². The fraction of sp³-hybridized carbons (Fsp3) is 0.388. The zero-order valence-electron chi connectivity index (χ0n) is 33.1. The van der Waals surface area contributed by atoms with Gasteiger partial charge in [0.25, 0.3) is 0 Å². The average Bonchev–Trinajstić information content (AvgIpc) is 3.36. The van der Waals surface area contributed by atoms with Crippen molar-refractivity contribution in [2.24, 2.45) is 0 Å². The van der Waals surface area contributed by atoms with Gasteiger partial charge in [-0.15, -0.1) is 0 Å². The maximum atomic E-state index is 2.57. The molecule has 0 N–H and O–H groups in total. The summed E-state index contributed by atoms with van der Waals surface area (Å²) < 4.78 is 2.57. The molecule has 0 saturated heterocycles. The van der Waals surface area contributed by atoms with Crippen LogP contribution in [0.5, 0.6) is 0 Å². The Morgan fingerprint density at radius 1 is 0.440 bits per heavy atom. The highest BCUT2D eigenvalue weighted by molar-refractivity contribution is 6.19. The van der Waals surface area contributed by atoms with Crippen LogP contribution in [0.15, 0.2) is 91.0 Å². The number of hydrogen-bond acceptors (Lipinski definition) is 0. The Kier molecular flexibility index (Phi) is 7.52. The van der Waals surface area contributed by atoms with Crippen molar-refractivity contribution in [3.8, 4) is 27.9 Å². The molecule has 0 unspecified atom stereocenters. The molecule has 1 aromatic heterocycles. The molecular weight excluding hydrogens is 603 g/mol. The van der Waals surface area contributed by atoms with Crippen LogP contribution in [0.25, 0.3) is 49.7 Å². The van der Waals surface area contributed by atoms with Gasteiger partial charge in [-0.05, 0) is 102 Å². The molecule has 0 spiro atoms. The molecular formula is C49H57N. The molecule has 0 saturated carbocycles. The van der Waals surface area contributed by atoms with E-state index in [1.807, 2.05) is 0 Å². The minimum absolute atomic E-state index is 0.0190. The van der Waals surface area contributed by atoms with Gasteiger partial charge in [0.15, 0.2) is 0 Å². The molecule has 2 bridgehead atoms. The molecule has 258 valence electrons. The Bertz CT molecular complexity index is 2250. The minimum atomic E-state index is -0.249. The maximum Gasteiger partial charge on any atom is 0.0547 e. The summed E-state index contributed by atoms with van der Waals surface area (Å²) in [6.45, 7) is 32.9. The lowest BCUT2D eigenvalue weighted by Gasteiger charge is -2.33. The molecule has 0 fully saturated rings. The van der Waals surface area contributed by atoms with Crippen molar-refractivity contribution in [1.82, 2.24) is 4.57 Å². The number of rotatable bonds is 2. The van der Waals surface area contributed by atoms with Crippen molar-refractivity contribution >= 4 is 21.8 Å². The van der Waals surface area contributed by atoms with E-state index < -0.39 is 0 Å². The van der Waals surface area contributed by atoms with Crippen molar-refractivity contribution in [2.75, 3.05) is 0 Å². The van der Waals surface area contributed by atoms with E-state index in [1.54, 1.807) is 0 Å². The van der Waals surface area contributed by atoms with E-state index in [0.29, 0.717) is 0 Å². The first-order valence-electron chi connectivity index (χ1n) is 18.6. The number of nitrogens with zero attached hydrogens (tertiary/aromatic N) is 1. The second-order valence-corrected chi connectivity index (χ2v) is 19.7. The van der Waals surface area contributed by atoms with Crippen molar-refractivity contribution in [3.63, 3.8) is 0 Å². The highest BCUT2D eigenvalue weighted by Gasteiger charge is 2.35. The first-order valence-corrected chi connectivity index (χ1v) is 18.6. The lowest BCUT2D eigenvalue weighted by Crippen LogP contribution is -2.22. The van der Waals surface area contributed by atoms with Crippen molar-refractivity contribution in [1.29, 1.82) is 0 Å². The molecule has 1 aliphatic carbocycles. The van der Waals surface area contributed by atoms with E-state index >= 15 is 0 Å². The number of benzene rings is 5. The fourth-order valence-corrected chi connectivity index (χ4v) is 8.03. The van der Waals surface area contributed by atoms with Crippen molar-refractivity contribution < 1.29 is 0 Å². The Balaban J connectivity index is 1.69. The first kappa shape index (κ1) is 34.4. The lowest BCUT2D eigenvalue weighted by atomic mass is 9.70. The van der Waals surface area contributed by atoms with Gasteiger partial charge in [-0.1, -0.05) is 164 Å². The van der Waals surface area contributed by atoms with Crippen LogP contribution < -0.4 is 0 Å². The zero-order chi connectivity index (χ0) is 36.3. The van der Waals surface area contributed by atoms with Gasteiger partial charge in [-0.3, -0.25) is 0 Å². The van der Waals surface area contributed by atoms with Crippen LogP contribution in [0.4, 0.5) is 0 Å². The monoisotopic (exact) mass is 659 g/mol. The topological polar surface area (TPSA) is 4.93 Å². The average molecular weight is 660 g/mol. The maximum absolute atomic E-state index is 2.57. The number of hydrogen-bond donors (Lipinski definition) is 0. The molecule has 6 aromatic rings. The van der Waals surface area contributed by atoms with Crippen LogP contribution in [0.3, 0.4) is 0 Å². The Morgan fingerprint density at radius 3 is 1.48 bits per heavy atom. The Labute approximate surface area is 301 Å². The zero-order valence-corrected chi connectivity index (χ0v) is 33.1. The third-order valence-electron chi connectivity index (χ3n) is 11.4. The fourth-order valence-electron chi connectivity index (χ4n) is 8.03. The molecule has 0 amide bonds. The standard InChI is InChI=1S/C49H57N/c1-45(2,3)33-24-31(25-34(26-33)46(4,5)6)39-21-22-41-43-42-38(30-17-15-18-32(23-30)49(13,14)44(39)43)19-16-20-40(42)50(41)37-28-35(47(7,8)9)27-36(29-37)48(10,11)12/h15-29H,1-14H3. The van der Waals surface area contributed by atoms with E-state index in [2.05, 4.69) is 192 Å². The summed E-state index contributed by atoms with van der Waals surface area (Å²) in [5.74, 6) is 0. The second kappa shape index (κ2) is 10.9. The molecule has 50 heavy (non-hydrogen) atoms. The van der Waals surface area contributed by atoms with Gasteiger partial charge in [0.2, 0.25) is 0 Å². The third kappa shape index (κ3) is 5.53. The summed E-state index contributed by atoms with van der Waals surface area (Å²) in [5, 5.41) is 2.73. The van der Waals surface area contributed by atoms with Crippen LogP contribution in [-0.2, 0) is 27.1 Å². The van der Waals surface area contributed by atoms with E-state index in [9.17, 15) is 0 Å². The first-order chi connectivity index (χ1) is 23.1. The SMILES string of the molecule is CC(C)(C)c1cc(-c2ccc3c4c2C(C)(C)c2cccc(c2)-c2cccc(c24)n3-c2cc(C(C)(C)C)cc(C(C)(C)C)c2)cc(C(C)(C)C)c1. The van der Waals surface area contributed by atoms with Gasteiger partial charge in [0, 0.05) is 21.9 Å². The lowest BCUT2D eigenvalue weighted by molar-refractivity contribution is 0.567. The molecule has 1 heteroatoms. The molecule has 1 heterocycles. The predicted octanol–water partition coefficient (Wildman–Crippen LogP) is 13.9. The summed E-state index contributed by atoms with van der Waals surface area (Å²) in [4.78, 5) is 0. The second-order valence-electron chi connectivity index (χ2n) is 19.7. The van der Waals surface area contributed by atoms with Crippen LogP contribution >= 0.6 is 0 Å². The predicted molar refractivity (Wildman–Crippen MR) is 219 cm³/mol. The van der Waals surface area contributed by atoms with E-state index in [-0.39, 0.29) is 27.1 Å². The normalized spacial score (nSPS) is 14.8. The molecule has 0 aliphatic heterocycles. The third-order valence-corrected chi connectivity index (χ3v) is 11.4. The summed E-state index contributed by atoms with van der Waals surface area (Å²) in [6, 6.07) is 35.9. The molecule has 5 aromatic carbocycles. The smallest absolute Gasteiger partial charge is 0.0547 e. The number of aromatic nitrogens is 1. The van der Waals surface area contributed by atoms with Crippen LogP contribution in [0, 0.1) is 0 Å². The summed E-state index contributed by atoms with van der Waals surface area (Å²) >= 11 is 0. The highest BCUT2D eigenvalue weighted by atomic mass is 15.0. The summed E-state index contributed by atoms with van der Waals surface area (Å²) in [7, 11) is 0. The molecule has 1 aliphatic rings. The van der Waals surface area contributed by atoms with Gasteiger partial charge in [0.05, 0.1) is 11.0 Å². The van der Waals surface area contributed by atoms with Gasteiger partial charge in [-0.25, -0.2) is 0 Å². The van der Waals surface area contributed by atoms with Gasteiger partial charge in [-0.2, -0.15) is 0 Å². The highest BCUT2D eigenvalue weighted by Crippen LogP contribution is 2.51. The van der Waals surface area contributed by atoms with Crippen LogP contribution in [0.2, 0.25) is 0 Å². The summed E-state index contributed by atoms with van der Waals surface area (Å²) in [5.41, 5.74) is 17.2. The van der Waals surface area contributed by atoms with Crippen LogP contribution in [-0.4, -0.2) is 4.57 Å². The molecule has 0 atom stereocenters.